The van der Waals surface area contributed by atoms with Gasteiger partial charge in [-0.1, -0.05) is 0 Å². The zero-order chi connectivity index (χ0) is 15.1. The molecule has 1 aromatic rings. The topological polar surface area (TPSA) is 49.8 Å². The number of thioether (sulfide) groups is 1. The molecule has 5 heteroatoms. The summed E-state index contributed by atoms with van der Waals surface area (Å²) in [6.45, 7) is 1.07. The summed E-state index contributed by atoms with van der Waals surface area (Å²) in [6, 6.07) is 8.09. The highest BCUT2D eigenvalue weighted by Crippen LogP contribution is 2.25. The van der Waals surface area contributed by atoms with Crippen LogP contribution in [-0.2, 0) is 4.79 Å². The van der Waals surface area contributed by atoms with Crippen LogP contribution >= 0.6 is 11.8 Å². The Balaban J connectivity index is 1.82. The Morgan fingerprint density at radius 3 is 2.86 bits per heavy atom. The summed E-state index contributed by atoms with van der Waals surface area (Å²) in [4.78, 5) is 15.4. The number of benzene rings is 1. The Labute approximate surface area is 130 Å². The van der Waals surface area contributed by atoms with Gasteiger partial charge in [0.1, 0.15) is 5.75 Å². The molecule has 0 aromatic heterocycles. The smallest absolute Gasteiger partial charge is 0.233 e. The van der Waals surface area contributed by atoms with Crippen molar-refractivity contribution in [1.29, 1.82) is 0 Å². The fourth-order valence-corrected chi connectivity index (χ4v) is 3.48. The van der Waals surface area contributed by atoms with Crippen molar-refractivity contribution in [2.24, 2.45) is 0 Å². The first-order chi connectivity index (χ1) is 10.2. The first-order valence-corrected chi connectivity index (χ1v) is 8.40. The van der Waals surface area contributed by atoms with Crippen LogP contribution in [0.25, 0.3) is 0 Å². The molecule has 0 saturated carbocycles. The lowest BCUT2D eigenvalue weighted by Crippen LogP contribution is -2.36. The van der Waals surface area contributed by atoms with E-state index in [0.717, 1.165) is 42.9 Å². The van der Waals surface area contributed by atoms with Crippen molar-refractivity contribution >= 4 is 17.7 Å². The molecule has 1 unspecified atom stereocenters. The fourth-order valence-electron chi connectivity index (χ4n) is 2.69. The van der Waals surface area contributed by atoms with Gasteiger partial charge in [0.05, 0.1) is 12.9 Å². The minimum Gasteiger partial charge on any atom is -0.497 e. The van der Waals surface area contributed by atoms with Gasteiger partial charge in [-0.25, -0.2) is 0 Å². The molecule has 1 aliphatic rings. The number of aliphatic hydroxyl groups excluding tert-OH is 1. The van der Waals surface area contributed by atoms with Gasteiger partial charge >= 0.3 is 0 Å². The van der Waals surface area contributed by atoms with Crippen molar-refractivity contribution in [3.63, 3.8) is 0 Å². The molecule has 4 nitrogen and oxygen atoms in total. The average molecular weight is 309 g/mol. The molecular weight excluding hydrogens is 286 g/mol. The highest BCUT2D eigenvalue weighted by molar-refractivity contribution is 8.00. The minimum absolute atomic E-state index is 0.205. The summed E-state index contributed by atoms with van der Waals surface area (Å²) in [5.41, 5.74) is 0. The molecule has 1 fully saturated rings. The van der Waals surface area contributed by atoms with Gasteiger partial charge in [-0.05, 0) is 49.9 Å². The van der Waals surface area contributed by atoms with Crippen LogP contribution in [0, 0.1) is 0 Å². The van der Waals surface area contributed by atoms with E-state index in [0.29, 0.717) is 11.8 Å². The quantitative estimate of drug-likeness (QED) is 0.787. The van der Waals surface area contributed by atoms with Gasteiger partial charge in [0.2, 0.25) is 5.91 Å². The maximum atomic E-state index is 12.3. The van der Waals surface area contributed by atoms with Crippen molar-refractivity contribution in [2.45, 2.75) is 36.6 Å². The van der Waals surface area contributed by atoms with Crippen LogP contribution in [0.15, 0.2) is 29.2 Å². The number of likely N-dealkylation sites (tertiary alicyclic amines) is 1. The van der Waals surface area contributed by atoms with Gasteiger partial charge < -0.3 is 14.7 Å². The largest absolute Gasteiger partial charge is 0.497 e. The van der Waals surface area contributed by atoms with E-state index in [1.807, 2.05) is 29.2 Å². The Morgan fingerprint density at radius 2 is 2.19 bits per heavy atom. The minimum atomic E-state index is 0.205. The first-order valence-electron chi connectivity index (χ1n) is 7.41. The number of methoxy groups -OCH3 is 1. The van der Waals surface area contributed by atoms with E-state index < -0.39 is 0 Å². The first kappa shape index (κ1) is 16.2. The lowest BCUT2D eigenvalue weighted by atomic mass is 10.1. The molecule has 116 valence electrons. The van der Waals surface area contributed by atoms with Gasteiger partial charge in [0, 0.05) is 24.1 Å². The highest BCUT2D eigenvalue weighted by atomic mass is 32.2. The summed E-state index contributed by atoms with van der Waals surface area (Å²) in [5, 5.41) is 8.93. The molecule has 0 spiro atoms. The van der Waals surface area contributed by atoms with E-state index in [1.54, 1.807) is 18.9 Å². The molecule has 2 rings (SSSR count). The van der Waals surface area contributed by atoms with Crippen LogP contribution in [0.1, 0.15) is 25.7 Å². The number of carbonyl (C=O) groups excluding carboxylic acids is 1. The Morgan fingerprint density at radius 1 is 1.43 bits per heavy atom. The van der Waals surface area contributed by atoms with Crippen LogP contribution in [0.2, 0.25) is 0 Å². The molecule has 1 aliphatic heterocycles. The molecule has 0 aliphatic carbocycles. The molecule has 1 heterocycles. The second-order valence-corrected chi connectivity index (χ2v) is 6.26. The number of aliphatic hydroxyl groups is 1. The Hall–Kier alpha value is -1.20. The number of rotatable bonds is 7. The number of amides is 1. The molecule has 1 aromatic carbocycles. The monoisotopic (exact) mass is 309 g/mol. The molecule has 21 heavy (non-hydrogen) atoms. The van der Waals surface area contributed by atoms with Gasteiger partial charge in [0.25, 0.3) is 0 Å². The predicted octanol–water partition coefficient (Wildman–Crippen LogP) is 2.55. The normalized spacial score (nSPS) is 18.0. The van der Waals surface area contributed by atoms with Gasteiger partial charge in [-0.3, -0.25) is 4.79 Å². The van der Waals surface area contributed by atoms with E-state index in [2.05, 4.69) is 0 Å². The summed E-state index contributed by atoms with van der Waals surface area (Å²) in [6.07, 6.45) is 3.84. The van der Waals surface area contributed by atoms with E-state index in [-0.39, 0.29) is 12.5 Å². The third kappa shape index (κ3) is 4.64. The molecule has 1 N–H and O–H groups in total. The Kier molecular flexibility index (Phi) is 6.39. The summed E-state index contributed by atoms with van der Waals surface area (Å²) < 4.78 is 5.12. The van der Waals surface area contributed by atoms with Crippen molar-refractivity contribution < 1.29 is 14.6 Å². The third-order valence-electron chi connectivity index (χ3n) is 3.81. The van der Waals surface area contributed by atoms with Crippen LogP contribution in [0.4, 0.5) is 0 Å². The third-order valence-corrected chi connectivity index (χ3v) is 4.81. The van der Waals surface area contributed by atoms with E-state index in [4.69, 9.17) is 9.84 Å². The Bertz CT molecular complexity index is 449. The molecule has 1 saturated heterocycles. The van der Waals surface area contributed by atoms with Crippen LogP contribution < -0.4 is 4.74 Å². The van der Waals surface area contributed by atoms with E-state index in [9.17, 15) is 4.79 Å². The average Bonchev–Trinajstić information content (AvgIpc) is 2.99. The maximum Gasteiger partial charge on any atom is 0.233 e. The molecule has 0 bridgehead atoms. The fraction of sp³-hybridized carbons (Fsp3) is 0.562. The molecule has 1 amide bonds. The molecular formula is C16H23NO3S. The number of hydrogen-bond acceptors (Lipinski definition) is 4. The summed E-state index contributed by atoms with van der Waals surface area (Å²) in [5.74, 6) is 1.51. The van der Waals surface area contributed by atoms with Crippen molar-refractivity contribution in [2.75, 3.05) is 26.0 Å². The van der Waals surface area contributed by atoms with E-state index >= 15 is 0 Å². The molecule has 0 radical (unpaired) electrons. The van der Waals surface area contributed by atoms with Crippen LogP contribution in [0.3, 0.4) is 0 Å². The zero-order valence-corrected chi connectivity index (χ0v) is 13.3. The van der Waals surface area contributed by atoms with Gasteiger partial charge in [-0.2, -0.15) is 0 Å². The zero-order valence-electron chi connectivity index (χ0n) is 12.5. The summed E-state index contributed by atoms with van der Waals surface area (Å²) in [7, 11) is 1.64. The van der Waals surface area contributed by atoms with Crippen LogP contribution in [0.5, 0.6) is 5.75 Å². The lowest BCUT2D eigenvalue weighted by molar-refractivity contribution is -0.129. The lowest BCUT2D eigenvalue weighted by Gasteiger charge is -2.24. The van der Waals surface area contributed by atoms with Crippen LogP contribution in [-0.4, -0.2) is 48.0 Å². The van der Waals surface area contributed by atoms with Crippen molar-refractivity contribution in [3.05, 3.63) is 24.3 Å². The van der Waals surface area contributed by atoms with Gasteiger partial charge in [0.15, 0.2) is 0 Å². The number of hydrogen-bond donors (Lipinski definition) is 1. The predicted molar refractivity (Wildman–Crippen MR) is 84.8 cm³/mol. The van der Waals surface area contributed by atoms with E-state index in [1.165, 1.54) is 0 Å². The maximum absolute atomic E-state index is 12.3. The standard InChI is InChI=1S/C16H23NO3S/c1-20-14-6-8-15(9-7-14)21-12-16(19)17-10-2-4-13(17)5-3-11-18/h6-9,13,18H,2-5,10-12H2,1H3. The number of ether oxygens (including phenoxy) is 1. The highest BCUT2D eigenvalue weighted by Gasteiger charge is 2.27. The number of nitrogens with zero attached hydrogens (tertiary/aromatic N) is 1. The van der Waals surface area contributed by atoms with Gasteiger partial charge in [-0.15, -0.1) is 11.8 Å². The second kappa shape index (κ2) is 8.29. The van der Waals surface area contributed by atoms with Crippen molar-refractivity contribution in [1.82, 2.24) is 4.90 Å². The van der Waals surface area contributed by atoms with Crippen molar-refractivity contribution in [3.8, 4) is 5.75 Å². The number of carbonyl (C=O) groups is 1. The molecule has 1 atom stereocenters. The SMILES string of the molecule is COc1ccc(SCC(=O)N2CCCC2CCCO)cc1. The summed E-state index contributed by atoms with van der Waals surface area (Å²) >= 11 is 1.56. The second-order valence-electron chi connectivity index (χ2n) is 5.21.